The van der Waals surface area contributed by atoms with Crippen LogP contribution in [0.4, 0.5) is 0 Å². The number of benzene rings is 1. The monoisotopic (exact) mass is 298 g/mol. The summed E-state index contributed by atoms with van der Waals surface area (Å²) in [5.74, 6) is -0.0500. The van der Waals surface area contributed by atoms with E-state index in [1.807, 2.05) is 42.8 Å². The Hall–Kier alpha value is -2.14. The van der Waals surface area contributed by atoms with Gasteiger partial charge in [0.2, 0.25) is 0 Å². The number of para-hydroxylation sites is 1. The van der Waals surface area contributed by atoms with Crippen LogP contribution in [0.1, 0.15) is 34.5 Å². The molecule has 5 heteroatoms. The maximum atomic E-state index is 12.4. The van der Waals surface area contributed by atoms with Crippen molar-refractivity contribution in [1.82, 2.24) is 20.4 Å². The maximum absolute atomic E-state index is 12.4. The summed E-state index contributed by atoms with van der Waals surface area (Å²) in [6, 6.07) is 8.44. The quantitative estimate of drug-likeness (QED) is 0.907. The molecule has 1 unspecified atom stereocenters. The first kappa shape index (κ1) is 14.8. The number of amides is 1. The smallest absolute Gasteiger partial charge is 0.254 e. The minimum atomic E-state index is -0.0500. The third-order valence-electron chi connectivity index (χ3n) is 4.27. The lowest BCUT2D eigenvalue weighted by Crippen LogP contribution is -2.37. The Kier molecular flexibility index (Phi) is 4.24. The highest BCUT2D eigenvalue weighted by Gasteiger charge is 2.18. The summed E-state index contributed by atoms with van der Waals surface area (Å²) in [6.07, 6.45) is 3.96. The lowest BCUT2D eigenvalue weighted by molar-refractivity contribution is 0.0949. The van der Waals surface area contributed by atoms with Crippen molar-refractivity contribution < 1.29 is 4.79 Å². The molecule has 116 valence electrons. The average Bonchev–Trinajstić information content (AvgIpc) is 3.15. The fourth-order valence-electron chi connectivity index (χ4n) is 2.92. The molecular weight excluding hydrogens is 276 g/mol. The van der Waals surface area contributed by atoms with E-state index in [0.29, 0.717) is 18.2 Å². The SMILES string of the molecule is Cc1ccccc1-n1ncc(C(=O)NCC2CCCN2)c1C. The number of rotatable bonds is 4. The van der Waals surface area contributed by atoms with E-state index in [2.05, 4.69) is 15.7 Å². The Morgan fingerprint density at radius 1 is 1.41 bits per heavy atom. The van der Waals surface area contributed by atoms with Crippen LogP contribution in [0.15, 0.2) is 30.5 Å². The summed E-state index contributed by atoms with van der Waals surface area (Å²) in [4.78, 5) is 12.4. The predicted octanol–water partition coefficient (Wildman–Crippen LogP) is 1.97. The number of nitrogens with zero attached hydrogens (tertiary/aromatic N) is 2. The molecule has 1 atom stereocenters. The standard InChI is InChI=1S/C17H22N4O/c1-12-6-3-4-8-16(12)21-13(2)15(11-20-21)17(22)19-10-14-7-5-9-18-14/h3-4,6,8,11,14,18H,5,7,9-10H2,1-2H3,(H,19,22). The number of carbonyl (C=O) groups excluding carboxylic acids is 1. The fraction of sp³-hybridized carbons (Fsp3) is 0.412. The number of nitrogens with one attached hydrogen (secondary N) is 2. The van der Waals surface area contributed by atoms with E-state index in [0.717, 1.165) is 29.9 Å². The topological polar surface area (TPSA) is 59.0 Å². The molecule has 0 saturated carbocycles. The normalized spacial score (nSPS) is 17.6. The number of carbonyl (C=O) groups is 1. The molecular formula is C17H22N4O. The van der Waals surface area contributed by atoms with Gasteiger partial charge in [-0.05, 0) is 44.9 Å². The van der Waals surface area contributed by atoms with Crippen LogP contribution in [0.5, 0.6) is 0 Å². The van der Waals surface area contributed by atoms with Gasteiger partial charge >= 0.3 is 0 Å². The second kappa shape index (κ2) is 6.32. The summed E-state index contributed by atoms with van der Waals surface area (Å²) < 4.78 is 1.83. The first-order valence-corrected chi connectivity index (χ1v) is 7.79. The van der Waals surface area contributed by atoms with Crippen molar-refractivity contribution in [2.75, 3.05) is 13.1 Å². The van der Waals surface area contributed by atoms with Crippen LogP contribution >= 0.6 is 0 Å². The lowest BCUT2D eigenvalue weighted by Gasteiger charge is -2.12. The van der Waals surface area contributed by atoms with Crippen molar-refractivity contribution >= 4 is 5.91 Å². The molecule has 1 aliphatic heterocycles. The highest BCUT2D eigenvalue weighted by Crippen LogP contribution is 2.17. The third-order valence-corrected chi connectivity index (χ3v) is 4.27. The molecule has 1 aromatic heterocycles. The van der Waals surface area contributed by atoms with Crippen molar-refractivity contribution in [1.29, 1.82) is 0 Å². The summed E-state index contributed by atoms with van der Waals surface area (Å²) in [5.41, 5.74) is 3.65. The Morgan fingerprint density at radius 3 is 2.95 bits per heavy atom. The number of aryl methyl sites for hydroxylation is 1. The lowest BCUT2D eigenvalue weighted by atomic mass is 10.2. The summed E-state index contributed by atoms with van der Waals surface area (Å²) >= 11 is 0. The molecule has 0 radical (unpaired) electrons. The highest BCUT2D eigenvalue weighted by atomic mass is 16.1. The zero-order valence-corrected chi connectivity index (χ0v) is 13.1. The molecule has 1 amide bonds. The van der Waals surface area contributed by atoms with E-state index in [1.54, 1.807) is 6.20 Å². The van der Waals surface area contributed by atoms with Crippen LogP contribution < -0.4 is 10.6 Å². The Balaban J connectivity index is 1.75. The van der Waals surface area contributed by atoms with Gasteiger partial charge in [-0.15, -0.1) is 0 Å². The Labute approximate surface area is 130 Å². The van der Waals surface area contributed by atoms with E-state index < -0.39 is 0 Å². The molecule has 5 nitrogen and oxygen atoms in total. The van der Waals surface area contributed by atoms with Crippen LogP contribution in [0.25, 0.3) is 5.69 Å². The number of aromatic nitrogens is 2. The summed E-state index contributed by atoms with van der Waals surface area (Å²) in [6.45, 7) is 5.70. The van der Waals surface area contributed by atoms with Gasteiger partial charge in [0.1, 0.15) is 0 Å². The minimum Gasteiger partial charge on any atom is -0.350 e. The second-order valence-corrected chi connectivity index (χ2v) is 5.85. The first-order chi connectivity index (χ1) is 10.7. The average molecular weight is 298 g/mol. The Bertz CT molecular complexity index is 671. The molecule has 2 N–H and O–H groups in total. The molecule has 0 aliphatic carbocycles. The van der Waals surface area contributed by atoms with Gasteiger partial charge in [0.05, 0.1) is 23.1 Å². The van der Waals surface area contributed by atoms with E-state index in [1.165, 1.54) is 6.42 Å². The summed E-state index contributed by atoms with van der Waals surface area (Å²) in [5, 5.41) is 10.8. The van der Waals surface area contributed by atoms with Gasteiger partial charge in [-0.2, -0.15) is 5.10 Å². The van der Waals surface area contributed by atoms with Gasteiger partial charge in [-0.25, -0.2) is 4.68 Å². The molecule has 1 aromatic carbocycles. The molecule has 2 heterocycles. The molecule has 3 rings (SSSR count). The molecule has 22 heavy (non-hydrogen) atoms. The molecule has 0 spiro atoms. The van der Waals surface area contributed by atoms with Crippen LogP contribution in [0.3, 0.4) is 0 Å². The largest absolute Gasteiger partial charge is 0.350 e. The van der Waals surface area contributed by atoms with E-state index >= 15 is 0 Å². The van der Waals surface area contributed by atoms with Crippen molar-refractivity contribution in [3.8, 4) is 5.69 Å². The van der Waals surface area contributed by atoms with Crippen LogP contribution in [-0.4, -0.2) is 34.8 Å². The van der Waals surface area contributed by atoms with Crippen molar-refractivity contribution in [2.45, 2.75) is 32.7 Å². The molecule has 1 aliphatic rings. The van der Waals surface area contributed by atoms with Crippen LogP contribution in [-0.2, 0) is 0 Å². The second-order valence-electron chi connectivity index (χ2n) is 5.85. The zero-order chi connectivity index (χ0) is 15.5. The van der Waals surface area contributed by atoms with Gasteiger partial charge in [0.15, 0.2) is 0 Å². The first-order valence-electron chi connectivity index (χ1n) is 7.79. The Morgan fingerprint density at radius 2 is 2.23 bits per heavy atom. The molecule has 1 saturated heterocycles. The van der Waals surface area contributed by atoms with Crippen molar-refractivity contribution in [3.05, 3.63) is 47.3 Å². The van der Waals surface area contributed by atoms with E-state index in [9.17, 15) is 4.79 Å². The predicted molar refractivity (Wildman–Crippen MR) is 86.4 cm³/mol. The van der Waals surface area contributed by atoms with Crippen LogP contribution in [0.2, 0.25) is 0 Å². The van der Waals surface area contributed by atoms with Crippen LogP contribution in [0, 0.1) is 13.8 Å². The maximum Gasteiger partial charge on any atom is 0.254 e. The van der Waals surface area contributed by atoms with Gasteiger partial charge < -0.3 is 10.6 Å². The minimum absolute atomic E-state index is 0.0500. The number of hydrogen-bond donors (Lipinski definition) is 2. The van der Waals surface area contributed by atoms with Gasteiger partial charge in [0.25, 0.3) is 5.91 Å². The van der Waals surface area contributed by atoms with Gasteiger partial charge in [-0.1, -0.05) is 18.2 Å². The molecule has 1 fully saturated rings. The zero-order valence-electron chi connectivity index (χ0n) is 13.1. The third kappa shape index (κ3) is 2.90. The summed E-state index contributed by atoms with van der Waals surface area (Å²) in [7, 11) is 0. The van der Waals surface area contributed by atoms with Gasteiger partial charge in [0, 0.05) is 12.6 Å². The van der Waals surface area contributed by atoms with Crippen molar-refractivity contribution in [3.63, 3.8) is 0 Å². The van der Waals surface area contributed by atoms with Crippen molar-refractivity contribution in [2.24, 2.45) is 0 Å². The van der Waals surface area contributed by atoms with E-state index in [-0.39, 0.29) is 5.91 Å². The fourth-order valence-corrected chi connectivity index (χ4v) is 2.92. The highest BCUT2D eigenvalue weighted by molar-refractivity contribution is 5.95. The van der Waals surface area contributed by atoms with E-state index in [4.69, 9.17) is 0 Å². The molecule has 0 bridgehead atoms. The number of hydrogen-bond acceptors (Lipinski definition) is 3. The molecule has 2 aromatic rings. The van der Waals surface area contributed by atoms with Gasteiger partial charge in [-0.3, -0.25) is 4.79 Å².